The van der Waals surface area contributed by atoms with Crippen molar-refractivity contribution in [1.82, 2.24) is 15.1 Å². The third kappa shape index (κ3) is 6.73. The predicted molar refractivity (Wildman–Crippen MR) is 84.7 cm³/mol. The highest BCUT2D eigenvalue weighted by Crippen LogP contribution is 2.26. The van der Waals surface area contributed by atoms with Crippen LogP contribution in [0, 0.1) is 5.92 Å². The number of hydrogen-bond donors (Lipinski definition) is 1. The molecule has 0 bridgehead atoms. The zero-order chi connectivity index (χ0) is 14.1. The molecule has 0 aromatic carbocycles. The Labute approximate surface area is 120 Å². The lowest BCUT2D eigenvalue weighted by Gasteiger charge is -2.34. The molecule has 0 radical (unpaired) electrons. The summed E-state index contributed by atoms with van der Waals surface area (Å²) < 4.78 is 0. The molecule has 1 rings (SSSR count). The molecule has 1 saturated carbocycles. The van der Waals surface area contributed by atoms with Crippen LogP contribution >= 0.6 is 0 Å². The number of nitrogens with one attached hydrogen (secondary N) is 1. The van der Waals surface area contributed by atoms with Crippen molar-refractivity contribution in [1.29, 1.82) is 0 Å². The van der Waals surface area contributed by atoms with E-state index in [1.165, 1.54) is 64.7 Å². The van der Waals surface area contributed by atoms with Crippen LogP contribution in [-0.4, -0.2) is 63.2 Å². The van der Waals surface area contributed by atoms with Crippen molar-refractivity contribution in [3.63, 3.8) is 0 Å². The van der Waals surface area contributed by atoms with E-state index in [1.807, 2.05) is 0 Å². The number of nitrogens with zero attached hydrogens (tertiary/aromatic N) is 2. The lowest BCUT2D eigenvalue weighted by Crippen LogP contribution is -2.46. The summed E-state index contributed by atoms with van der Waals surface area (Å²) in [5.74, 6) is 0.900. The van der Waals surface area contributed by atoms with Crippen LogP contribution in [-0.2, 0) is 0 Å². The van der Waals surface area contributed by atoms with E-state index in [0.717, 1.165) is 5.92 Å². The van der Waals surface area contributed by atoms with Crippen molar-refractivity contribution >= 4 is 0 Å². The predicted octanol–water partition coefficient (Wildman–Crippen LogP) is 2.43. The van der Waals surface area contributed by atoms with Gasteiger partial charge in [0.25, 0.3) is 0 Å². The third-order valence-electron chi connectivity index (χ3n) is 4.45. The largest absolute Gasteiger partial charge is 0.315 e. The van der Waals surface area contributed by atoms with Crippen LogP contribution in [0.25, 0.3) is 0 Å². The molecule has 1 aliphatic rings. The van der Waals surface area contributed by atoms with E-state index in [4.69, 9.17) is 0 Å². The number of likely N-dealkylation sites (N-methyl/N-ethyl adjacent to an activating group) is 2. The summed E-state index contributed by atoms with van der Waals surface area (Å²) in [5, 5.41) is 3.59. The van der Waals surface area contributed by atoms with Gasteiger partial charge >= 0.3 is 0 Å². The molecule has 3 heteroatoms. The van der Waals surface area contributed by atoms with E-state index >= 15 is 0 Å². The van der Waals surface area contributed by atoms with Gasteiger partial charge in [0.1, 0.15) is 0 Å². The van der Waals surface area contributed by atoms with Crippen LogP contribution in [0.1, 0.15) is 45.4 Å². The lowest BCUT2D eigenvalue weighted by atomic mass is 9.83. The molecule has 114 valence electrons. The fourth-order valence-electron chi connectivity index (χ4n) is 3.24. The highest BCUT2D eigenvalue weighted by Gasteiger charge is 2.24. The van der Waals surface area contributed by atoms with Crippen LogP contribution in [0.4, 0.5) is 0 Å². The Balaban J connectivity index is 2.43. The summed E-state index contributed by atoms with van der Waals surface area (Å²) in [6.07, 6.45) is 8.45. The van der Waals surface area contributed by atoms with E-state index in [0.29, 0.717) is 6.04 Å². The lowest BCUT2D eigenvalue weighted by molar-refractivity contribution is 0.177. The zero-order valence-corrected chi connectivity index (χ0v) is 13.6. The second-order valence-corrected chi connectivity index (χ2v) is 6.40. The second-order valence-electron chi connectivity index (χ2n) is 6.40. The van der Waals surface area contributed by atoms with E-state index < -0.39 is 0 Å². The van der Waals surface area contributed by atoms with Gasteiger partial charge in [-0.05, 0) is 52.9 Å². The van der Waals surface area contributed by atoms with Crippen molar-refractivity contribution in [3.8, 4) is 0 Å². The standard InChI is InChI=1S/C16H35N3/c1-5-11-19(13-12-18(3)4)14-16(17-2)15-9-7-6-8-10-15/h15-17H,5-14H2,1-4H3. The Morgan fingerprint density at radius 3 is 2.26 bits per heavy atom. The third-order valence-corrected chi connectivity index (χ3v) is 4.45. The van der Waals surface area contributed by atoms with Crippen molar-refractivity contribution in [2.75, 3.05) is 47.3 Å². The summed E-state index contributed by atoms with van der Waals surface area (Å²) in [5.41, 5.74) is 0. The van der Waals surface area contributed by atoms with E-state index in [9.17, 15) is 0 Å². The van der Waals surface area contributed by atoms with Gasteiger partial charge in [-0.1, -0.05) is 26.2 Å². The Morgan fingerprint density at radius 1 is 1.05 bits per heavy atom. The highest BCUT2D eigenvalue weighted by atomic mass is 15.2. The van der Waals surface area contributed by atoms with E-state index in [-0.39, 0.29) is 0 Å². The molecule has 0 saturated heterocycles. The first-order chi connectivity index (χ1) is 9.17. The van der Waals surface area contributed by atoms with Gasteiger partial charge in [-0.15, -0.1) is 0 Å². The van der Waals surface area contributed by atoms with E-state index in [2.05, 4.69) is 43.2 Å². The molecule has 1 aliphatic carbocycles. The minimum absolute atomic E-state index is 0.689. The monoisotopic (exact) mass is 269 g/mol. The van der Waals surface area contributed by atoms with Gasteiger partial charge in [0, 0.05) is 25.7 Å². The summed E-state index contributed by atoms with van der Waals surface area (Å²) in [6.45, 7) is 7.12. The maximum atomic E-state index is 3.59. The first kappa shape index (κ1) is 16.9. The molecule has 1 unspecified atom stereocenters. The molecule has 0 aromatic heterocycles. The van der Waals surface area contributed by atoms with Crippen molar-refractivity contribution in [2.45, 2.75) is 51.5 Å². The first-order valence-corrected chi connectivity index (χ1v) is 8.21. The average molecular weight is 269 g/mol. The molecule has 3 nitrogen and oxygen atoms in total. The SMILES string of the molecule is CCCN(CCN(C)C)CC(NC)C1CCCCC1. The smallest absolute Gasteiger partial charge is 0.0220 e. The van der Waals surface area contributed by atoms with Crippen LogP contribution in [0.2, 0.25) is 0 Å². The Hall–Kier alpha value is -0.120. The number of hydrogen-bond acceptors (Lipinski definition) is 3. The quantitative estimate of drug-likeness (QED) is 0.693. The zero-order valence-electron chi connectivity index (χ0n) is 13.6. The summed E-state index contributed by atoms with van der Waals surface area (Å²) in [6, 6.07) is 0.689. The normalized spacial score (nSPS) is 19.3. The van der Waals surface area contributed by atoms with E-state index in [1.54, 1.807) is 0 Å². The molecular weight excluding hydrogens is 234 g/mol. The molecule has 1 fully saturated rings. The molecule has 19 heavy (non-hydrogen) atoms. The minimum atomic E-state index is 0.689. The second kappa shape index (κ2) is 9.73. The van der Waals surface area contributed by atoms with Gasteiger partial charge in [0.15, 0.2) is 0 Å². The van der Waals surface area contributed by atoms with Crippen molar-refractivity contribution < 1.29 is 0 Å². The molecule has 0 spiro atoms. The van der Waals surface area contributed by atoms with Gasteiger partial charge < -0.3 is 15.1 Å². The average Bonchev–Trinajstić information content (AvgIpc) is 2.42. The molecule has 1 atom stereocenters. The van der Waals surface area contributed by atoms with Crippen LogP contribution in [0.15, 0.2) is 0 Å². The van der Waals surface area contributed by atoms with Crippen molar-refractivity contribution in [2.24, 2.45) is 5.92 Å². The maximum absolute atomic E-state index is 3.59. The van der Waals surface area contributed by atoms with Gasteiger partial charge in [-0.25, -0.2) is 0 Å². The summed E-state index contributed by atoms with van der Waals surface area (Å²) >= 11 is 0. The Kier molecular flexibility index (Phi) is 8.67. The van der Waals surface area contributed by atoms with Crippen LogP contribution in [0.3, 0.4) is 0 Å². The summed E-state index contributed by atoms with van der Waals surface area (Å²) in [7, 11) is 6.48. The molecular formula is C16H35N3. The maximum Gasteiger partial charge on any atom is 0.0220 e. The Bertz CT molecular complexity index is 212. The number of rotatable bonds is 9. The molecule has 0 amide bonds. The van der Waals surface area contributed by atoms with Crippen LogP contribution < -0.4 is 5.32 Å². The first-order valence-electron chi connectivity index (χ1n) is 8.21. The molecule has 0 heterocycles. The molecule has 1 N–H and O–H groups in total. The van der Waals surface area contributed by atoms with Crippen LogP contribution in [0.5, 0.6) is 0 Å². The van der Waals surface area contributed by atoms with Gasteiger partial charge in [0.2, 0.25) is 0 Å². The Morgan fingerprint density at radius 2 is 1.74 bits per heavy atom. The van der Waals surface area contributed by atoms with Gasteiger partial charge in [-0.3, -0.25) is 0 Å². The fraction of sp³-hybridized carbons (Fsp3) is 1.00. The van der Waals surface area contributed by atoms with Crippen molar-refractivity contribution in [3.05, 3.63) is 0 Å². The van der Waals surface area contributed by atoms with Gasteiger partial charge in [-0.2, -0.15) is 0 Å². The summed E-state index contributed by atoms with van der Waals surface area (Å²) in [4.78, 5) is 4.94. The molecule has 0 aliphatic heterocycles. The minimum Gasteiger partial charge on any atom is -0.315 e. The van der Waals surface area contributed by atoms with Gasteiger partial charge in [0.05, 0.1) is 0 Å². The topological polar surface area (TPSA) is 18.5 Å². The highest BCUT2D eigenvalue weighted by molar-refractivity contribution is 4.81. The molecule has 0 aromatic rings. The fourth-order valence-corrected chi connectivity index (χ4v) is 3.24.